The third-order valence-electron chi connectivity index (χ3n) is 7.06. The van der Waals surface area contributed by atoms with Gasteiger partial charge in [-0.3, -0.25) is 0 Å². The Morgan fingerprint density at radius 3 is 2.53 bits per heavy atom. The van der Waals surface area contributed by atoms with E-state index in [0.29, 0.717) is 49.9 Å². The highest BCUT2D eigenvalue weighted by Gasteiger charge is 2.39. The minimum absolute atomic E-state index is 0.0993. The van der Waals surface area contributed by atoms with Crippen LogP contribution in [0.1, 0.15) is 18.4 Å². The van der Waals surface area contributed by atoms with Crippen LogP contribution in [0, 0.1) is 0 Å². The van der Waals surface area contributed by atoms with E-state index in [2.05, 4.69) is 15.9 Å². The number of morpholine rings is 2. The van der Waals surface area contributed by atoms with Crippen molar-refractivity contribution >= 4 is 22.8 Å². The third-order valence-corrected chi connectivity index (χ3v) is 7.06. The Labute approximate surface area is 198 Å². The Morgan fingerprint density at radius 1 is 1.00 bits per heavy atom. The fraction of sp³-hybridized carbons (Fsp3) is 0.480. The van der Waals surface area contributed by atoms with E-state index in [9.17, 15) is 5.11 Å². The fourth-order valence-electron chi connectivity index (χ4n) is 5.29. The van der Waals surface area contributed by atoms with Crippen LogP contribution in [0.15, 0.2) is 30.3 Å². The molecule has 3 aliphatic heterocycles. The summed E-state index contributed by atoms with van der Waals surface area (Å²) in [7, 11) is 1.60. The van der Waals surface area contributed by atoms with Crippen LogP contribution in [0.25, 0.3) is 22.3 Å². The van der Waals surface area contributed by atoms with Gasteiger partial charge in [0.05, 0.1) is 63.3 Å². The van der Waals surface area contributed by atoms with Crippen LogP contribution in [-0.2, 0) is 16.1 Å². The van der Waals surface area contributed by atoms with Crippen molar-refractivity contribution < 1.29 is 19.3 Å². The Balaban J connectivity index is 1.47. The van der Waals surface area contributed by atoms with Gasteiger partial charge in [0.25, 0.3) is 0 Å². The number of aromatic nitrogens is 3. The van der Waals surface area contributed by atoms with Crippen molar-refractivity contribution in [2.75, 3.05) is 56.4 Å². The fourth-order valence-corrected chi connectivity index (χ4v) is 5.29. The number of aliphatic hydroxyl groups is 1. The maximum Gasteiger partial charge on any atom is 0.230 e. The highest BCUT2D eigenvalue weighted by molar-refractivity contribution is 5.90. The zero-order chi connectivity index (χ0) is 23.1. The van der Waals surface area contributed by atoms with E-state index in [0.717, 1.165) is 59.9 Å². The van der Waals surface area contributed by atoms with Gasteiger partial charge in [-0.25, -0.2) is 4.98 Å². The molecule has 1 aromatic carbocycles. The first-order chi connectivity index (χ1) is 16.7. The lowest BCUT2D eigenvalue weighted by Gasteiger charge is -2.36. The zero-order valence-electron chi connectivity index (χ0n) is 19.3. The van der Waals surface area contributed by atoms with Crippen LogP contribution in [0.4, 0.5) is 11.8 Å². The molecule has 178 valence electrons. The smallest absolute Gasteiger partial charge is 0.230 e. The maximum atomic E-state index is 9.76. The number of aliphatic hydroxyl groups excluding tert-OH is 1. The number of methoxy groups -OCH3 is 1. The molecule has 0 saturated carbocycles. The van der Waals surface area contributed by atoms with E-state index in [1.807, 2.05) is 24.3 Å². The van der Waals surface area contributed by atoms with Crippen molar-refractivity contribution in [2.45, 2.75) is 31.5 Å². The summed E-state index contributed by atoms with van der Waals surface area (Å²) < 4.78 is 16.7. The molecule has 0 radical (unpaired) electrons. The third kappa shape index (κ3) is 3.73. The lowest BCUT2D eigenvalue weighted by molar-refractivity contribution is 0.0897. The van der Waals surface area contributed by atoms with E-state index >= 15 is 0 Å². The first kappa shape index (κ1) is 21.5. The number of hydrogen-bond acceptors (Lipinski definition) is 9. The number of anilines is 2. The van der Waals surface area contributed by atoms with E-state index in [-0.39, 0.29) is 6.61 Å². The highest BCUT2D eigenvalue weighted by atomic mass is 16.5. The topological polar surface area (TPSA) is 93.1 Å². The molecule has 5 heterocycles. The van der Waals surface area contributed by atoms with Crippen LogP contribution in [-0.4, -0.2) is 78.8 Å². The van der Waals surface area contributed by atoms with Crippen LogP contribution < -0.4 is 14.5 Å². The van der Waals surface area contributed by atoms with E-state index in [1.165, 1.54) is 0 Å². The molecular formula is C25H29N5O4. The number of pyridine rings is 1. The Hall–Kier alpha value is -3.01. The summed E-state index contributed by atoms with van der Waals surface area (Å²) in [5.74, 6) is 2.31. The number of hydrogen-bond donors (Lipinski definition) is 1. The largest absolute Gasteiger partial charge is 0.496 e. The maximum absolute atomic E-state index is 9.76. The van der Waals surface area contributed by atoms with Crippen molar-refractivity contribution in [3.63, 3.8) is 0 Å². The molecule has 3 saturated heterocycles. The van der Waals surface area contributed by atoms with Crippen molar-refractivity contribution in [3.05, 3.63) is 35.9 Å². The minimum Gasteiger partial charge on any atom is -0.496 e. The van der Waals surface area contributed by atoms with Gasteiger partial charge in [-0.15, -0.1) is 0 Å². The average molecular weight is 464 g/mol. The number of benzene rings is 1. The molecule has 2 atom stereocenters. The second-order valence-corrected chi connectivity index (χ2v) is 9.03. The second kappa shape index (κ2) is 8.98. The van der Waals surface area contributed by atoms with Crippen LogP contribution in [0.2, 0.25) is 0 Å². The molecule has 2 bridgehead atoms. The van der Waals surface area contributed by atoms with Crippen molar-refractivity contribution in [2.24, 2.45) is 0 Å². The van der Waals surface area contributed by atoms with Crippen LogP contribution in [0.3, 0.4) is 0 Å². The van der Waals surface area contributed by atoms with Crippen LogP contribution in [0.5, 0.6) is 5.75 Å². The predicted molar refractivity (Wildman–Crippen MR) is 128 cm³/mol. The van der Waals surface area contributed by atoms with E-state index < -0.39 is 0 Å². The van der Waals surface area contributed by atoms with Gasteiger partial charge in [0.2, 0.25) is 5.95 Å². The van der Waals surface area contributed by atoms with Crippen molar-refractivity contribution in [1.29, 1.82) is 0 Å². The molecule has 0 amide bonds. The van der Waals surface area contributed by atoms with Gasteiger partial charge in [0.15, 0.2) is 5.65 Å². The van der Waals surface area contributed by atoms with Crippen molar-refractivity contribution in [1.82, 2.24) is 15.0 Å². The quantitative estimate of drug-likeness (QED) is 0.612. The monoisotopic (exact) mass is 463 g/mol. The molecule has 0 spiro atoms. The molecule has 3 aromatic rings. The summed E-state index contributed by atoms with van der Waals surface area (Å²) in [6.07, 6.45) is 2.20. The SMILES string of the molecule is COc1ccc(-c2ccc3c(N4CCOCC4)nc(N4[C@@H]5CC[C@H]4COC5)nc3n2)cc1CO. The molecular weight excluding hydrogens is 434 g/mol. The summed E-state index contributed by atoms with van der Waals surface area (Å²) in [5.41, 5.74) is 3.11. The van der Waals surface area contributed by atoms with E-state index in [4.69, 9.17) is 29.2 Å². The molecule has 3 aliphatic rings. The molecule has 6 rings (SSSR count). The molecule has 3 fully saturated rings. The minimum atomic E-state index is -0.0993. The lowest BCUT2D eigenvalue weighted by Crippen LogP contribution is -2.47. The summed E-state index contributed by atoms with van der Waals surface area (Å²) >= 11 is 0. The molecule has 34 heavy (non-hydrogen) atoms. The average Bonchev–Trinajstić information content (AvgIpc) is 3.15. The van der Waals surface area contributed by atoms with Crippen LogP contribution >= 0.6 is 0 Å². The van der Waals surface area contributed by atoms with Gasteiger partial charge in [-0.05, 0) is 43.2 Å². The van der Waals surface area contributed by atoms with Gasteiger partial charge in [-0.2, -0.15) is 9.97 Å². The molecule has 1 N–H and O–H groups in total. The highest BCUT2D eigenvalue weighted by Crippen LogP contribution is 2.36. The van der Waals surface area contributed by atoms with Gasteiger partial charge in [0.1, 0.15) is 11.6 Å². The molecule has 0 aliphatic carbocycles. The molecule has 9 heteroatoms. The van der Waals surface area contributed by atoms with Gasteiger partial charge >= 0.3 is 0 Å². The van der Waals surface area contributed by atoms with E-state index in [1.54, 1.807) is 7.11 Å². The summed E-state index contributed by atoms with van der Waals surface area (Å²) in [6, 6.07) is 10.4. The first-order valence-corrected chi connectivity index (χ1v) is 11.9. The van der Waals surface area contributed by atoms with Gasteiger partial charge in [-0.1, -0.05) is 0 Å². The predicted octanol–water partition coefficient (Wildman–Crippen LogP) is 2.40. The summed E-state index contributed by atoms with van der Waals surface area (Å²) in [4.78, 5) is 19.6. The zero-order valence-corrected chi connectivity index (χ0v) is 19.3. The normalized spacial score (nSPS) is 22.4. The molecule has 2 aromatic heterocycles. The standard InChI is InChI=1S/C25H29N5O4/c1-32-22-7-2-16(12-17(22)13-31)21-6-5-20-23(26-21)27-25(28-24(20)29-8-10-33-11-9-29)30-18-3-4-19(30)15-34-14-18/h2,5-7,12,18-19,31H,3-4,8-11,13-15H2,1H3/t18-,19+. The van der Waals surface area contributed by atoms with Gasteiger partial charge < -0.3 is 29.1 Å². The Morgan fingerprint density at radius 2 is 1.79 bits per heavy atom. The van der Waals surface area contributed by atoms with Gasteiger partial charge in [0, 0.05) is 24.2 Å². The molecule has 9 nitrogen and oxygen atoms in total. The second-order valence-electron chi connectivity index (χ2n) is 9.03. The summed E-state index contributed by atoms with van der Waals surface area (Å²) in [6.45, 7) is 4.29. The number of nitrogens with zero attached hydrogens (tertiary/aromatic N) is 5. The number of rotatable bonds is 5. The molecule has 0 unspecified atom stereocenters. The number of ether oxygens (including phenoxy) is 3. The number of fused-ring (bicyclic) bond motifs is 3. The Kier molecular flexibility index (Phi) is 5.68. The van der Waals surface area contributed by atoms with Crippen molar-refractivity contribution in [3.8, 4) is 17.0 Å². The lowest BCUT2D eigenvalue weighted by atomic mass is 10.1. The first-order valence-electron chi connectivity index (χ1n) is 11.9. The Bertz CT molecular complexity index is 1180. The summed E-state index contributed by atoms with van der Waals surface area (Å²) in [5, 5.41) is 10.7.